The standard InChI is InChI=1S/C26H34F2O4/c1-25-14-12-20-19-9-7-18(32-15-5-3-4-13-26(27,28)24(30)31-2)16-17(19)6-8-21(20)22(25)10-11-23(25)29/h7,9,16,20-22H,3-6,8,10-15H2,1-2H3/t20-,21-,22+,25+/m1/s1. The summed E-state index contributed by atoms with van der Waals surface area (Å²) in [4.78, 5) is 23.5. The van der Waals surface area contributed by atoms with Crippen LogP contribution in [0.5, 0.6) is 5.75 Å². The van der Waals surface area contributed by atoms with E-state index in [0.29, 0.717) is 43.0 Å². The van der Waals surface area contributed by atoms with Crippen LogP contribution in [-0.4, -0.2) is 31.4 Å². The molecular weight excluding hydrogens is 414 g/mol. The van der Waals surface area contributed by atoms with Crippen molar-refractivity contribution in [2.24, 2.45) is 17.3 Å². The highest BCUT2D eigenvalue weighted by molar-refractivity contribution is 5.87. The lowest BCUT2D eigenvalue weighted by Crippen LogP contribution is -2.42. The SMILES string of the molecule is COC(=O)C(F)(F)CCCCCOc1ccc2c(c1)CC[C@@H]1[C@@H]2CC[C@]2(C)C(=O)CC[C@@H]12. The Labute approximate surface area is 189 Å². The largest absolute Gasteiger partial charge is 0.494 e. The summed E-state index contributed by atoms with van der Waals surface area (Å²) < 4.78 is 36.9. The van der Waals surface area contributed by atoms with E-state index < -0.39 is 18.3 Å². The number of benzene rings is 1. The van der Waals surface area contributed by atoms with Crippen LogP contribution in [0.15, 0.2) is 18.2 Å². The molecule has 4 nitrogen and oxygen atoms in total. The number of halogens is 2. The number of unbranched alkanes of at least 4 members (excludes halogenated alkanes) is 2. The smallest absolute Gasteiger partial charge is 0.376 e. The average Bonchev–Trinajstić information content (AvgIpc) is 3.09. The molecule has 6 heteroatoms. The number of rotatable bonds is 8. The van der Waals surface area contributed by atoms with Crippen LogP contribution in [0.3, 0.4) is 0 Å². The highest BCUT2D eigenvalue weighted by Gasteiger charge is 2.54. The fraction of sp³-hybridized carbons (Fsp3) is 0.692. The zero-order valence-electron chi connectivity index (χ0n) is 19.1. The van der Waals surface area contributed by atoms with Crippen LogP contribution >= 0.6 is 0 Å². The number of carbonyl (C=O) groups excluding carboxylic acids is 2. The van der Waals surface area contributed by atoms with E-state index >= 15 is 0 Å². The monoisotopic (exact) mass is 448 g/mol. The minimum Gasteiger partial charge on any atom is -0.494 e. The summed E-state index contributed by atoms with van der Waals surface area (Å²) in [5, 5.41) is 0. The van der Waals surface area contributed by atoms with Crippen molar-refractivity contribution in [3.05, 3.63) is 29.3 Å². The molecule has 0 N–H and O–H groups in total. The third-order valence-electron chi connectivity index (χ3n) is 8.29. The molecule has 3 aliphatic rings. The number of ketones is 1. The Hall–Kier alpha value is -1.98. The zero-order chi connectivity index (χ0) is 22.9. The summed E-state index contributed by atoms with van der Waals surface area (Å²) in [7, 11) is 0.976. The maximum absolute atomic E-state index is 13.5. The number of carbonyl (C=O) groups is 2. The molecule has 176 valence electrons. The quantitative estimate of drug-likeness (QED) is 0.369. The second-order valence-corrected chi connectivity index (χ2v) is 10.0. The number of aryl methyl sites for hydroxylation is 1. The van der Waals surface area contributed by atoms with Crippen molar-refractivity contribution in [3.63, 3.8) is 0 Å². The van der Waals surface area contributed by atoms with Crippen LogP contribution in [0.25, 0.3) is 0 Å². The minimum atomic E-state index is -3.41. The summed E-state index contributed by atoms with van der Waals surface area (Å²) >= 11 is 0. The molecule has 0 aliphatic heterocycles. The Kier molecular flexibility index (Phi) is 6.60. The van der Waals surface area contributed by atoms with Crippen molar-refractivity contribution in [2.75, 3.05) is 13.7 Å². The number of fused-ring (bicyclic) bond motifs is 5. The molecule has 1 aromatic carbocycles. The zero-order valence-corrected chi connectivity index (χ0v) is 19.1. The van der Waals surface area contributed by atoms with E-state index in [9.17, 15) is 18.4 Å². The molecule has 0 amide bonds. The van der Waals surface area contributed by atoms with Gasteiger partial charge in [-0.2, -0.15) is 8.78 Å². The van der Waals surface area contributed by atoms with Gasteiger partial charge in [0.1, 0.15) is 11.5 Å². The molecule has 2 saturated carbocycles. The molecule has 4 atom stereocenters. The van der Waals surface area contributed by atoms with Crippen LogP contribution in [-0.2, 0) is 20.7 Å². The van der Waals surface area contributed by atoms with Crippen molar-refractivity contribution in [3.8, 4) is 5.75 Å². The van der Waals surface area contributed by atoms with Crippen molar-refractivity contribution >= 4 is 11.8 Å². The van der Waals surface area contributed by atoms with Gasteiger partial charge in [-0.25, -0.2) is 4.79 Å². The minimum absolute atomic E-state index is 0.0947. The molecule has 32 heavy (non-hydrogen) atoms. The second-order valence-electron chi connectivity index (χ2n) is 10.0. The summed E-state index contributed by atoms with van der Waals surface area (Å²) in [5.74, 6) is -1.87. The van der Waals surface area contributed by atoms with E-state index in [2.05, 4.69) is 23.8 Å². The summed E-state index contributed by atoms with van der Waals surface area (Å²) in [6, 6.07) is 6.38. The summed E-state index contributed by atoms with van der Waals surface area (Å²) in [6.07, 6.45) is 7.06. The van der Waals surface area contributed by atoms with Gasteiger partial charge in [0.15, 0.2) is 0 Å². The molecule has 0 aromatic heterocycles. The number of Topliss-reactive ketones (excluding diaryl/α,β-unsaturated/α-hetero) is 1. The number of alkyl halides is 2. The number of esters is 1. The van der Waals surface area contributed by atoms with Crippen molar-refractivity contribution < 1.29 is 27.8 Å². The lowest BCUT2D eigenvalue weighted by atomic mass is 9.55. The third-order valence-corrected chi connectivity index (χ3v) is 8.29. The Morgan fingerprint density at radius 1 is 1.16 bits per heavy atom. The number of hydrogen-bond donors (Lipinski definition) is 0. The van der Waals surface area contributed by atoms with Gasteiger partial charge in [-0.1, -0.05) is 13.0 Å². The molecule has 4 rings (SSSR count). The average molecular weight is 449 g/mol. The van der Waals surface area contributed by atoms with E-state index in [1.165, 1.54) is 11.1 Å². The predicted molar refractivity (Wildman–Crippen MR) is 117 cm³/mol. The Morgan fingerprint density at radius 2 is 1.97 bits per heavy atom. The Morgan fingerprint density at radius 3 is 2.75 bits per heavy atom. The van der Waals surface area contributed by atoms with E-state index in [1.54, 1.807) is 0 Å². The molecule has 0 bridgehead atoms. The van der Waals surface area contributed by atoms with Gasteiger partial charge in [-0.15, -0.1) is 0 Å². The highest BCUT2D eigenvalue weighted by Crippen LogP contribution is 2.59. The van der Waals surface area contributed by atoms with Gasteiger partial charge in [0.05, 0.1) is 13.7 Å². The molecule has 0 saturated heterocycles. The van der Waals surface area contributed by atoms with Crippen molar-refractivity contribution in [1.82, 2.24) is 0 Å². The first kappa shape index (κ1) is 23.2. The number of ether oxygens (including phenoxy) is 2. The van der Waals surface area contributed by atoms with Gasteiger partial charge >= 0.3 is 11.9 Å². The molecule has 2 fully saturated rings. The molecule has 0 unspecified atom stereocenters. The lowest BCUT2D eigenvalue weighted by molar-refractivity contribution is -0.169. The van der Waals surface area contributed by atoms with Gasteiger partial charge in [-0.3, -0.25) is 4.79 Å². The van der Waals surface area contributed by atoms with E-state index in [1.807, 2.05) is 6.07 Å². The van der Waals surface area contributed by atoms with Crippen LogP contribution < -0.4 is 4.74 Å². The Bertz CT molecular complexity index is 867. The molecular formula is C26H34F2O4. The first-order valence-electron chi connectivity index (χ1n) is 12.0. The fourth-order valence-corrected chi connectivity index (χ4v) is 6.49. The first-order valence-corrected chi connectivity index (χ1v) is 12.0. The van der Waals surface area contributed by atoms with Gasteiger partial charge in [0, 0.05) is 18.3 Å². The van der Waals surface area contributed by atoms with Gasteiger partial charge in [0.2, 0.25) is 0 Å². The fourth-order valence-electron chi connectivity index (χ4n) is 6.49. The normalized spacial score (nSPS) is 29.1. The molecule has 3 aliphatic carbocycles. The summed E-state index contributed by atoms with van der Waals surface area (Å²) in [6.45, 7) is 2.67. The van der Waals surface area contributed by atoms with E-state index in [0.717, 1.165) is 51.4 Å². The molecule has 0 spiro atoms. The van der Waals surface area contributed by atoms with Crippen molar-refractivity contribution in [1.29, 1.82) is 0 Å². The van der Waals surface area contributed by atoms with Crippen LogP contribution in [0, 0.1) is 17.3 Å². The van der Waals surface area contributed by atoms with Crippen LogP contribution in [0.2, 0.25) is 0 Å². The molecule has 0 heterocycles. The van der Waals surface area contributed by atoms with Crippen LogP contribution in [0.1, 0.15) is 81.8 Å². The predicted octanol–water partition coefficient (Wildman–Crippen LogP) is 5.86. The van der Waals surface area contributed by atoms with E-state index in [-0.39, 0.29) is 11.8 Å². The molecule has 0 radical (unpaired) electrons. The van der Waals surface area contributed by atoms with Gasteiger partial charge in [-0.05, 0) is 92.4 Å². The third kappa shape index (κ3) is 4.29. The van der Waals surface area contributed by atoms with Gasteiger partial charge < -0.3 is 9.47 Å². The van der Waals surface area contributed by atoms with Gasteiger partial charge in [0.25, 0.3) is 0 Å². The highest BCUT2D eigenvalue weighted by atomic mass is 19.3. The lowest BCUT2D eigenvalue weighted by Gasteiger charge is -2.48. The maximum atomic E-state index is 13.5. The number of methoxy groups -OCH3 is 1. The Balaban J connectivity index is 1.28. The number of hydrogen-bond acceptors (Lipinski definition) is 4. The second kappa shape index (κ2) is 9.11. The molecule has 1 aromatic rings. The van der Waals surface area contributed by atoms with E-state index in [4.69, 9.17) is 4.74 Å². The summed E-state index contributed by atoms with van der Waals surface area (Å²) in [5.41, 5.74) is 2.69. The van der Waals surface area contributed by atoms with Crippen LogP contribution in [0.4, 0.5) is 8.78 Å². The van der Waals surface area contributed by atoms with Crippen molar-refractivity contribution in [2.45, 2.75) is 83.0 Å². The first-order chi connectivity index (χ1) is 15.3. The maximum Gasteiger partial charge on any atom is 0.376 e. The topological polar surface area (TPSA) is 52.6 Å².